The van der Waals surface area contributed by atoms with Crippen LogP contribution in [0, 0.1) is 0 Å². The van der Waals surface area contributed by atoms with Crippen LogP contribution in [-0.4, -0.2) is 12.1 Å². The Balaban J connectivity index is 2.07. The molecule has 2 aromatic rings. The summed E-state index contributed by atoms with van der Waals surface area (Å²) in [5, 5.41) is 0. The lowest BCUT2D eigenvalue weighted by molar-refractivity contribution is 0.103. The molecule has 0 amide bonds. The molecule has 0 aliphatic heterocycles. The Bertz CT molecular complexity index is 711. The second kappa shape index (κ2) is 5.88. The average Bonchev–Trinajstić information content (AvgIpc) is 3.04. The van der Waals surface area contributed by atoms with Gasteiger partial charge >= 0.3 is 0 Å². The van der Waals surface area contributed by atoms with E-state index in [1.165, 1.54) is 0 Å². The third-order valence-electron chi connectivity index (χ3n) is 3.94. The molecular formula is C19H16O2. The summed E-state index contributed by atoms with van der Waals surface area (Å²) in [6.45, 7) is 0. The molecule has 0 bridgehead atoms. The summed E-state index contributed by atoms with van der Waals surface area (Å²) in [4.78, 5) is 23.9. The van der Waals surface area contributed by atoms with Crippen molar-refractivity contribution in [1.29, 1.82) is 0 Å². The number of ketones is 1. The van der Waals surface area contributed by atoms with Gasteiger partial charge in [0.25, 0.3) is 0 Å². The minimum absolute atomic E-state index is 0.0869. The summed E-state index contributed by atoms with van der Waals surface area (Å²) in [7, 11) is 0. The summed E-state index contributed by atoms with van der Waals surface area (Å²) >= 11 is 0. The predicted molar refractivity (Wildman–Crippen MR) is 83.4 cm³/mol. The summed E-state index contributed by atoms with van der Waals surface area (Å²) in [5.41, 5.74) is 4.18. The maximum atomic E-state index is 12.7. The molecule has 0 unspecified atom stereocenters. The number of hydrogen-bond donors (Lipinski definition) is 0. The Morgan fingerprint density at radius 3 is 2.38 bits per heavy atom. The standard InChI is InChI=1S/C19H16O2/c20-13-15-9-4-5-10-16(15)17-11-6-12-18(17)19(21)14-7-2-1-3-8-14/h1-5,7-10,13H,6,11-12H2. The van der Waals surface area contributed by atoms with E-state index in [1.807, 2.05) is 48.5 Å². The number of carbonyl (C=O) groups excluding carboxylic acids is 2. The van der Waals surface area contributed by atoms with E-state index in [2.05, 4.69) is 0 Å². The number of benzene rings is 2. The molecule has 3 rings (SSSR count). The van der Waals surface area contributed by atoms with Gasteiger partial charge in [-0.05, 0) is 30.4 Å². The Kier molecular flexibility index (Phi) is 3.78. The molecule has 0 fully saturated rings. The lowest BCUT2D eigenvalue weighted by Gasteiger charge is -2.09. The van der Waals surface area contributed by atoms with Crippen LogP contribution in [0.15, 0.2) is 60.2 Å². The van der Waals surface area contributed by atoms with Gasteiger partial charge in [0.15, 0.2) is 12.1 Å². The molecule has 0 heterocycles. The quantitative estimate of drug-likeness (QED) is 0.615. The number of allylic oxidation sites excluding steroid dienone is 2. The van der Waals surface area contributed by atoms with Crippen molar-refractivity contribution in [3.05, 3.63) is 76.9 Å². The van der Waals surface area contributed by atoms with Crippen LogP contribution in [0.5, 0.6) is 0 Å². The van der Waals surface area contributed by atoms with Crippen LogP contribution in [0.3, 0.4) is 0 Å². The van der Waals surface area contributed by atoms with Gasteiger partial charge in [0.05, 0.1) is 0 Å². The van der Waals surface area contributed by atoms with E-state index in [0.29, 0.717) is 5.56 Å². The lowest BCUT2D eigenvalue weighted by Crippen LogP contribution is -2.04. The van der Waals surface area contributed by atoms with Crippen molar-refractivity contribution in [2.45, 2.75) is 19.3 Å². The van der Waals surface area contributed by atoms with E-state index < -0.39 is 0 Å². The molecule has 2 nitrogen and oxygen atoms in total. The first-order chi connectivity index (χ1) is 10.3. The van der Waals surface area contributed by atoms with Crippen molar-refractivity contribution in [2.24, 2.45) is 0 Å². The van der Waals surface area contributed by atoms with Crippen LogP contribution in [0.1, 0.15) is 45.5 Å². The first-order valence-corrected chi connectivity index (χ1v) is 7.17. The van der Waals surface area contributed by atoms with Crippen LogP contribution in [-0.2, 0) is 0 Å². The monoisotopic (exact) mass is 276 g/mol. The lowest BCUT2D eigenvalue weighted by atomic mass is 9.93. The largest absolute Gasteiger partial charge is 0.298 e. The molecule has 0 radical (unpaired) electrons. The van der Waals surface area contributed by atoms with Crippen LogP contribution in [0.2, 0.25) is 0 Å². The minimum Gasteiger partial charge on any atom is -0.298 e. The van der Waals surface area contributed by atoms with E-state index in [1.54, 1.807) is 6.07 Å². The van der Waals surface area contributed by atoms with Gasteiger partial charge < -0.3 is 0 Å². The highest BCUT2D eigenvalue weighted by atomic mass is 16.1. The van der Waals surface area contributed by atoms with Gasteiger partial charge in [0.1, 0.15) is 0 Å². The van der Waals surface area contributed by atoms with E-state index in [4.69, 9.17) is 0 Å². The third-order valence-corrected chi connectivity index (χ3v) is 3.94. The Hall–Kier alpha value is -2.48. The van der Waals surface area contributed by atoms with Gasteiger partial charge in [-0.15, -0.1) is 0 Å². The van der Waals surface area contributed by atoms with Crippen molar-refractivity contribution in [3.8, 4) is 0 Å². The molecule has 1 aliphatic carbocycles. The van der Waals surface area contributed by atoms with Crippen LogP contribution >= 0.6 is 0 Å². The van der Waals surface area contributed by atoms with Gasteiger partial charge in [0, 0.05) is 16.7 Å². The van der Waals surface area contributed by atoms with Crippen LogP contribution < -0.4 is 0 Å². The SMILES string of the molecule is O=Cc1ccccc1C1=C(C(=O)c2ccccc2)CCC1. The van der Waals surface area contributed by atoms with Crippen molar-refractivity contribution in [2.75, 3.05) is 0 Å². The molecule has 1 aliphatic rings. The number of aldehydes is 1. The normalized spacial score (nSPS) is 14.3. The summed E-state index contributed by atoms with van der Waals surface area (Å²) in [6, 6.07) is 16.8. The van der Waals surface area contributed by atoms with Crippen LogP contribution in [0.25, 0.3) is 5.57 Å². The zero-order valence-corrected chi connectivity index (χ0v) is 11.7. The first kappa shape index (κ1) is 13.5. The fourth-order valence-electron chi connectivity index (χ4n) is 2.93. The topological polar surface area (TPSA) is 34.1 Å². The van der Waals surface area contributed by atoms with Gasteiger partial charge in [-0.1, -0.05) is 54.6 Å². The molecule has 0 saturated heterocycles. The fraction of sp³-hybridized carbons (Fsp3) is 0.158. The second-order valence-electron chi connectivity index (χ2n) is 5.21. The molecular weight excluding hydrogens is 260 g/mol. The highest BCUT2D eigenvalue weighted by molar-refractivity contribution is 6.14. The van der Waals surface area contributed by atoms with Crippen molar-refractivity contribution in [1.82, 2.24) is 0 Å². The number of Topliss-reactive ketones (excluding diaryl/α,β-unsaturated/α-hetero) is 1. The molecule has 0 N–H and O–H groups in total. The molecule has 0 aromatic heterocycles. The van der Waals surface area contributed by atoms with Crippen molar-refractivity contribution in [3.63, 3.8) is 0 Å². The first-order valence-electron chi connectivity index (χ1n) is 7.17. The average molecular weight is 276 g/mol. The molecule has 2 heteroatoms. The maximum Gasteiger partial charge on any atom is 0.189 e. The summed E-state index contributed by atoms with van der Waals surface area (Å²) in [6.07, 6.45) is 3.48. The summed E-state index contributed by atoms with van der Waals surface area (Å²) < 4.78 is 0. The highest BCUT2D eigenvalue weighted by Crippen LogP contribution is 2.36. The van der Waals surface area contributed by atoms with Gasteiger partial charge in [-0.2, -0.15) is 0 Å². The molecule has 21 heavy (non-hydrogen) atoms. The third kappa shape index (κ3) is 2.57. The second-order valence-corrected chi connectivity index (χ2v) is 5.21. The van der Waals surface area contributed by atoms with E-state index in [9.17, 15) is 9.59 Å². The molecule has 104 valence electrons. The molecule has 0 saturated carbocycles. The Morgan fingerprint density at radius 2 is 1.62 bits per heavy atom. The zero-order chi connectivity index (χ0) is 14.7. The van der Waals surface area contributed by atoms with E-state index in [-0.39, 0.29) is 5.78 Å². The summed E-state index contributed by atoms with van der Waals surface area (Å²) in [5.74, 6) is 0.0869. The number of rotatable bonds is 4. The molecule has 0 atom stereocenters. The highest BCUT2D eigenvalue weighted by Gasteiger charge is 2.23. The van der Waals surface area contributed by atoms with Crippen molar-refractivity contribution >= 4 is 17.6 Å². The molecule has 0 spiro atoms. The predicted octanol–water partition coefficient (Wildman–Crippen LogP) is 4.32. The van der Waals surface area contributed by atoms with Crippen LogP contribution in [0.4, 0.5) is 0 Å². The fourth-order valence-corrected chi connectivity index (χ4v) is 2.93. The van der Waals surface area contributed by atoms with E-state index in [0.717, 1.165) is 47.8 Å². The number of carbonyl (C=O) groups is 2. The van der Waals surface area contributed by atoms with Gasteiger partial charge in [0.2, 0.25) is 0 Å². The van der Waals surface area contributed by atoms with Crippen molar-refractivity contribution < 1.29 is 9.59 Å². The Labute approximate surface area is 124 Å². The minimum atomic E-state index is 0.0869. The van der Waals surface area contributed by atoms with Gasteiger partial charge in [-0.25, -0.2) is 0 Å². The van der Waals surface area contributed by atoms with Gasteiger partial charge in [-0.3, -0.25) is 9.59 Å². The molecule has 2 aromatic carbocycles. The maximum absolute atomic E-state index is 12.7. The Morgan fingerprint density at radius 1 is 0.905 bits per heavy atom. The zero-order valence-electron chi connectivity index (χ0n) is 11.7. The smallest absolute Gasteiger partial charge is 0.189 e. The number of hydrogen-bond acceptors (Lipinski definition) is 2. The van der Waals surface area contributed by atoms with E-state index >= 15 is 0 Å².